The summed E-state index contributed by atoms with van der Waals surface area (Å²) in [6.07, 6.45) is 2.20. The molecule has 4 nitrogen and oxygen atoms in total. The van der Waals surface area contributed by atoms with Gasteiger partial charge in [-0.2, -0.15) is 0 Å². The molecule has 18 heavy (non-hydrogen) atoms. The number of aliphatic hydroxyl groups is 1. The van der Waals surface area contributed by atoms with E-state index in [0.717, 1.165) is 18.6 Å². The molecule has 2 N–H and O–H groups in total. The van der Waals surface area contributed by atoms with E-state index in [1.165, 1.54) is 10.3 Å². The number of aliphatic hydroxyl groups excluding tert-OH is 1. The molecule has 1 atom stereocenters. The van der Waals surface area contributed by atoms with E-state index in [4.69, 9.17) is 4.74 Å². The highest BCUT2D eigenvalue weighted by Crippen LogP contribution is 2.19. The molecule has 0 bridgehead atoms. The summed E-state index contributed by atoms with van der Waals surface area (Å²) in [5.41, 5.74) is 2.23. The second-order valence-electron chi connectivity index (χ2n) is 4.22. The zero-order valence-electron chi connectivity index (χ0n) is 10.4. The van der Waals surface area contributed by atoms with Gasteiger partial charge in [0.1, 0.15) is 0 Å². The molecule has 0 saturated carbocycles. The molecule has 0 aromatic carbocycles. The summed E-state index contributed by atoms with van der Waals surface area (Å²) >= 11 is 1.71. The van der Waals surface area contributed by atoms with Gasteiger partial charge in [-0.1, -0.05) is 0 Å². The van der Waals surface area contributed by atoms with Gasteiger partial charge < -0.3 is 15.2 Å². The molecule has 0 amide bonds. The van der Waals surface area contributed by atoms with Gasteiger partial charge in [-0.25, -0.2) is 0 Å². The van der Waals surface area contributed by atoms with Crippen LogP contribution in [0.15, 0.2) is 23.7 Å². The summed E-state index contributed by atoms with van der Waals surface area (Å²) in [6.45, 7) is 1.94. The van der Waals surface area contributed by atoms with Gasteiger partial charge >= 0.3 is 0 Å². The Bertz CT molecular complexity index is 487. The minimum Gasteiger partial charge on any atom is -0.391 e. The Morgan fingerprint density at radius 2 is 2.44 bits per heavy atom. The van der Waals surface area contributed by atoms with E-state index in [2.05, 4.69) is 21.7 Å². The largest absolute Gasteiger partial charge is 0.391 e. The normalized spacial score (nSPS) is 13.0. The number of rotatable bonds is 7. The highest BCUT2D eigenvalue weighted by Gasteiger charge is 2.03. The fourth-order valence-electron chi connectivity index (χ4n) is 1.76. The Labute approximate surface area is 111 Å². The lowest BCUT2D eigenvalue weighted by atomic mass is 10.2. The van der Waals surface area contributed by atoms with Gasteiger partial charge in [0.15, 0.2) is 0 Å². The van der Waals surface area contributed by atoms with Crippen LogP contribution in [0.1, 0.15) is 12.0 Å². The smallest absolute Gasteiger partial charge is 0.0809 e. The summed E-state index contributed by atoms with van der Waals surface area (Å²) in [7, 11) is 1.60. The molecular formula is C13H18N2O2S. The average Bonchev–Trinajstić information content (AvgIpc) is 2.82. The van der Waals surface area contributed by atoms with E-state index in [1.54, 1.807) is 18.4 Å². The molecule has 98 valence electrons. The number of nitrogens with zero attached hydrogens (tertiary/aromatic N) is 1. The first-order valence-corrected chi connectivity index (χ1v) is 6.87. The van der Waals surface area contributed by atoms with Crippen molar-refractivity contribution in [3.8, 4) is 0 Å². The van der Waals surface area contributed by atoms with Crippen LogP contribution in [0.25, 0.3) is 10.2 Å². The summed E-state index contributed by atoms with van der Waals surface area (Å²) in [6, 6.07) is 4.18. The number of methoxy groups -OCH3 is 1. The van der Waals surface area contributed by atoms with Crippen LogP contribution in [-0.4, -0.2) is 36.5 Å². The lowest BCUT2D eigenvalue weighted by molar-refractivity contribution is 0.0594. The van der Waals surface area contributed by atoms with Crippen molar-refractivity contribution in [2.24, 2.45) is 0 Å². The third-order valence-corrected chi connectivity index (χ3v) is 3.55. The van der Waals surface area contributed by atoms with Crippen LogP contribution in [0, 0.1) is 0 Å². The molecule has 0 aliphatic carbocycles. The van der Waals surface area contributed by atoms with Gasteiger partial charge in [0.05, 0.1) is 22.9 Å². The van der Waals surface area contributed by atoms with Crippen molar-refractivity contribution >= 4 is 21.6 Å². The van der Waals surface area contributed by atoms with Crippen molar-refractivity contribution < 1.29 is 9.84 Å². The molecule has 2 rings (SSSR count). The molecule has 2 heterocycles. The van der Waals surface area contributed by atoms with Crippen molar-refractivity contribution in [1.82, 2.24) is 10.3 Å². The Hall–Kier alpha value is -1.01. The van der Waals surface area contributed by atoms with Crippen LogP contribution in [0.4, 0.5) is 0 Å². The van der Waals surface area contributed by atoms with Crippen LogP contribution in [-0.2, 0) is 11.3 Å². The second-order valence-corrected chi connectivity index (χ2v) is 5.17. The lowest BCUT2D eigenvalue weighted by Crippen LogP contribution is -2.23. The maximum absolute atomic E-state index is 9.48. The number of hydrogen-bond donors (Lipinski definition) is 2. The first-order valence-electron chi connectivity index (χ1n) is 5.99. The standard InChI is InChI=1S/C13H18N2O2S/c1-17-9-11(16)2-4-14-7-10-6-13-12(15-8-10)3-5-18-13/h3,5-6,8,11,14,16H,2,4,7,9H2,1H3. The Morgan fingerprint density at radius 3 is 3.28 bits per heavy atom. The van der Waals surface area contributed by atoms with Gasteiger partial charge in [0, 0.05) is 19.9 Å². The third kappa shape index (κ3) is 3.74. The van der Waals surface area contributed by atoms with Crippen molar-refractivity contribution in [1.29, 1.82) is 0 Å². The maximum atomic E-state index is 9.48. The van der Waals surface area contributed by atoms with Gasteiger partial charge in [-0.3, -0.25) is 4.98 Å². The highest BCUT2D eigenvalue weighted by atomic mass is 32.1. The molecule has 0 aliphatic heterocycles. The van der Waals surface area contributed by atoms with Crippen LogP contribution in [0.3, 0.4) is 0 Å². The first kappa shape index (κ1) is 13.4. The molecule has 2 aromatic heterocycles. The number of aromatic nitrogens is 1. The topological polar surface area (TPSA) is 54.4 Å². The fourth-order valence-corrected chi connectivity index (χ4v) is 2.57. The Balaban J connectivity index is 1.76. The van der Waals surface area contributed by atoms with E-state index < -0.39 is 0 Å². The zero-order valence-corrected chi connectivity index (χ0v) is 11.2. The van der Waals surface area contributed by atoms with Crippen molar-refractivity contribution in [3.63, 3.8) is 0 Å². The summed E-state index contributed by atoms with van der Waals surface area (Å²) in [5.74, 6) is 0. The minimum absolute atomic E-state index is 0.389. The number of thiophene rings is 1. The third-order valence-electron chi connectivity index (χ3n) is 2.70. The zero-order chi connectivity index (χ0) is 12.8. The van der Waals surface area contributed by atoms with Crippen molar-refractivity contribution in [2.45, 2.75) is 19.1 Å². The van der Waals surface area contributed by atoms with Crippen LogP contribution in [0.2, 0.25) is 0 Å². The molecule has 0 spiro atoms. The van der Waals surface area contributed by atoms with E-state index >= 15 is 0 Å². The lowest BCUT2D eigenvalue weighted by Gasteiger charge is -2.09. The van der Waals surface area contributed by atoms with E-state index in [-0.39, 0.29) is 6.10 Å². The number of pyridine rings is 1. The van der Waals surface area contributed by atoms with Crippen LogP contribution < -0.4 is 5.32 Å². The number of hydrogen-bond acceptors (Lipinski definition) is 5. The summed E-state index contributed by atoms with van der Waals surface area (Å²) < 4.78 is 6.09. The van der Waals surface area contributed by atoms with Crippen molar-refractivity contribution in [2.75, 3.05) is 20.3 Å². The SMILES string of the molecule is COCC(O)CCNCc1cnc2ccsc2c1. The maximum Gasteiger partial charge on any atom is 0.0809 e. The highest BCUT2D eigenvalue weighted by molar-refractivity contribution is 7.17. The van der Waals surface area contributed by atoms with Gasteiger partial charge in [-0.05, 0) is 36.0 Å². The molecule has 0 saturated heterocycles. The quantitative estimate of drug-likeness (QED) is 0.750. The first-order chi connectivity index (χ1) is 8.79. The molecular weight excluding hydrogens is 248 g/mol. The molecule has 0 fully saturated rings. The predicted octanol–water partition coefficient (Wildman–Crippen LogP) is 1.78. The monoisotopic (exact) mass is 266 g/mol. The van der Waals surface area contributed by atoms with E-state index in [9.17, 15) is 5.11 Å². The van der Waals surface area contributed by atoms with Crippen molar-refractivity contribution in [3.05, 3.63) is 29.3 Å². The fraction of sp³-hybridized carbons (Fsp3) is 0.462. The van der Waals surface area contributed by atoms with Crippen LogP contribution in [0.5, 0.6) is 0 Å². The summed E-state index contributed by atoms with van der Waals surface area (Å²) in [5, 5.41) is 14.8. The molecule has 5 heteroatoms. The van der Waals surface area contributed by atoms with E-state index in [0.29, 0.717) is 13.0 Å². The molecule has 2 aromatic rings. The van der Waals surface area contributed by atoms with Crippen LogP contribution >= 0.6 is 11.3 Å². The van der Waals surface area contributed by atoms with Gasteiger partial charge in [-0.15, -0.1) is 11.3 Å². The number of ether oxygens (including phenoxy) is 1. The number of fused-ring (bicyclic) bond motifs is 1. The number of nitrogens with one attached hydrogen (secondary N) is 1. The van der Waals surface area contributed by atoms with E-state index in [1.807, 2.05) is 12.3 Å². The van der Waals surface area contributed by atoms with Gasteiger partial charge in [0.25, 0.3) is 0 Å². The second kappa shape index (κ2) is 6.80. The molecule has 1 unspecified atom stereocenters. The molecule has 0 aliphatic rings. The minimum atomic E-state index is -0.389. The summed E-state index contributed by atoms with van der Waals surface area (Å²) in [4.78, 5) is 4.39. The van der Waals surface area contributed by atoms with Gasteiger partial charge in [0.2, 0.25) is 0 Å². The Morgan fingerprint density at radius 1 is 1.56 bits per heavy atom. The average molecular weight is 266 g/mol. The Kier molecular flexibility index (Phi) is 5.07. The predicted molar refractivity (Wildman–Crippen MR) is 73.8 cm³/mol. The molecule has 0 radical (unpaired) electrons.